The summed E-state index contributed by atoms with van der Waals surface area (Å²) >= 11 is 0. The van der Waals surface area contributed by atoms with Gasteiger partial charge in [0.25, 0.3) is 0 Å². The zero-order chi connectivity index (χ0) is 17.9. The molecule has 0 radical (unpaired) electrons. The van der Waals surface area contributed by atoms with Crippen molar-refractivity contribution in [2.24, 2.45) is 11.1 Å². The van der Waals surface area contributed by atoms with Crippen LogP contribution >= 0.6 is 0 Å². The number of primary amides is 1. The van der Waals surface area contributed by atoms with Gasteiger partial charge >= 0.3 is 0 Å². The number of fused-ring (bicyclic) bond motifs is 1. The Morgan fingerprint density at radius 3 is 2.72 bits per heavy atom. The molecule has 0 aliphatic carbocycles. The van der Waals surface area contributed by atoms with Crippen LogP contribution in [0.4, 0.5) is 0 Å². The van der Waals surface area contributed by atoms with Crippen molar-refractivity contribution >= 4 is 22.8 Å². The van der Waals surface area contributed by atoms with Gasteiger partial charge in [0.05, 0.1) is 16.4 Å². The molecule has 0 atom stereocenters. The number of nitrogens with two attached hydrogens (primary N) is 1. The van der Waals surface area contributed by atoms with E-state index < -0.39 is 5.41 Å². The first-order chi connectivity index (χ1) is 12.1. The number of hydrogen-bond donors (Lipinski definition) is 2. The number of rotatable bonds is 6. The summed E-state index contributed by atoms with van der Waals surface area (Å²) in [5.74, 6) is 0.343. The van der Waals surface area contributed by atoms with Crippen LogP contribution in [0.2, 0.25) is 0 Å². The van der Waals surface area contributed by atoms with Crippen LogP contribution in [0.3, 0.4) is 0 Å². The number of carbonyl (C=O) groups excluding carboxylic acids is 2. The van der Waals surface area contributed by atoms with Gasteiger partial charge in [0.2, 0.25) is 11.8 Å². The quantitative estimate of drug-likeness (QED) is 0.816. The maximum atomic E-state index is 12.5. The van der Waals surface area contributed by atoms with E-state index in [1.165, 1.54) is 0 Å². The summed E-state index contributed by atoms with van der Waals surface area (Å²) in [5, 5.41) is 2.88. The van der Waals surface area contributed by atoms with Gasteiger partial charge in [-0.1, -0.05) is 19.1 Å². The van der Waals surface area contributed by atoms with E-state index >= 15 is 0 Å². The highest BCUT2D eigenvalue weighted by Gasteiger charge is 2.38. The molecule has 2 aromatic rings. The molecule has 0 saturated carbocycles. The van der Waals surface area contributed by atoms with Crippen LogP contribution in [0.25, 0.3) is 11.0 Å². The minimum atomic E-state index is -0.710. The van der Waals surface area contributed by atoms with Crippen LogP contribution in [0.5, 0.6) is 0 Å². The van der Waals surface area contributed by atoms with E-state index in [-0.39, 0.29) is 24.9 Å². The Bertz CT molecular complexity index is 778. The second kappa shape index (κ2) is 7.23. The fourth-order valence-electron chi connectivity index (χ4n) is 3.31. The zero-order valence-corrected chi connectivity index (χ0v) is 14.5. The maximum absolute atomic E-state index is 12.5. The molecule has 0 unspecified atom stereocenters. The molecule has 1 aliphatic heterocycles. The number of nitrogens with one attached hydrogen (secondary N) is 1. The summed E-state index contributed by atoms with van der Waals surface area (Å²) in [6, 6.07) is 7.76. The minimum absolute atomic E-state index is 0.148. The second-order valence-electron chi connectivity index (χ2n) is 6.49. The average molecular weight is 344 g/mol. The number of aryl methyl sites for hydroxylation is 1. The molecule has 0 spiro atoms. The van der Waals surface area contributed by atoms with E-state index in [0.717, 1.165) is 23.3 Å². The normalized spacial score (nSPS) is 16.7. The summed E-state index contributed by atoms with van der Waals surface area (Å²) in [4.78, 5) is 28.9. The Kier molecular flexibility index (Phi) is 5.03. The first-order valence-corrected chi connectivity index (χ1v) is 8.64. The third-order valence-electron chi connectivity index (χ3n) is 4.95. The largest absolute Gasteiger partial charge is 0.381 e. The van der Waals surface area contributed by atoms with Crippen molar-refractivity contribution < 1.29 is 14.3 Å². The Balaban J connectivity index is 1.71. The Morgan fingerprint density at radius 2 is 2.04 bits per heavy atom. The molecule has 1 aliphatic rings. The van der Waals surface area contributed by atoms with Gasteiger partial charge in [0.1, 0.15) is 12.4 Å². The molecule has 2 heterocycles. The van der Waals surface area contributed by atoms with Gasteiger partial charge in [-0.15, -0.1) is 0 Å². The smallest absolute Gasteiger partial charge is 0.240 e. The molecule has 25 heavy (non-hydrogen) atoms. The molecule has 2 amide bonds. The molecule has 1 aromatic carbocycles. The SMILES string of the molecule is CCc1nc2ccccc2n1CC(=O)NCC1(C(N)=O)CCOCC1. The molecule has 1 fully saturated rings. The molecule has 0 bridgehead atoms. The van der Waals surface area contributed by atoms with E-state index in [0.29, 0.717) is 26.1 Å². The van der Waals surface area contributed by atoms with Gasteiger partial charge in [-0.25, -0.2) is 4.98 Å². The predicted molar refractivity (Wildman–Crippen MR) is 93.8 cm³/mol. The van der Waals surface area contributed by atoms with E-state index in [1.807, 2.05) is 35.8 Å². The summed E-state index contributed by atoms with van der Waals surface area (Å²) in [6.45, 7) is 3.42. The molecular formula is C18H24N4O3. The van der Waals surface area contributed by atoms with Crippen molar-refractivity contribution in [3.05, 3.63) is 30.1 Å². The molecule has 3 N–H and O–H groups in total. The van der Waals surface area contributed by atoms with Gasteiger partial charge in [-0.05, 0) is 25.0 Å². The van der Waals surface area contributed by atoms with Gasteiger partial charge in [-0.2, -0.15) is 0 Å². The molecule has 7 heteroatoms. The van der Waals surface area contributed by atoms with Gasteiger partial charge < -0.3 is 20.4 Å². The lowest BCUT2D eigenvalue weighted by Crippen LogP contribution is -2.50. The average Bonchev–Trinajstić information content (AvgIpc) is 2.98. The van der Waals surface area contributed by atoms with Gasteiger partial charge in [0, 0.05) is 26.2 Å². The lowest BCUT2D eigenvalue weighted by Gasteiger charge is -2.34. The maximum Gasteiger partial charge on any atom is 0.240 e. The number of imidazole rings is 1. The number of benzene rings is 1. The topological polar surface area (TPSA) is 99.2 Å². The van der Waals surface area contributed by atoms with Crippen LogP contribution in [-0.2, 0) is 27.3 Å². The molecular weight excluding hydrogens is 320 g/mol. The Labute approximate surface area is 146 Å². The Hall–Kier alpha value is -2.41. The van der Waals surface area contributed by atoms with Crippen molar-refractivity contribution in [2.45, 2.75) is 32.7 Å². The van der Waals surface area contributed by atoms with Crippen LogP contribution in [0.1, 0.15) is 25.6 Å². The van der Waals surface area contributed by atoms with Crippen molar-refractivity contribution in [1.82, 2.24) is 14.9 Å². The molecule has 134 valence electrons. The van der Waals surface area contributed by atoms with Gasteiger partial charge in [-0.3, -0.25) is 9.59 Å². The van der Waals surface area contributed by atoms with E-state index in [4.69, 9.17) is 10.5 Å². The molecule has 1 aromatic heterocycles. The number of nitrogens with zero attached hydrogens (tertiary/aromatic N) is 2. The highest BCUT2D eigenvalue weighted by atomic mass is 16.5. The molecule has 1 saturated heterocycles. The van der Waals surface area contributed by atoms with E-state index in [2.05, 4.69) is 10.3 Å². The molecule has 7 nitrogen and oxygen atoms in total. The van der Waals surface area contributed by atoms with Gasteiger partial charge in [0.15, 0.2) is 0 Å². The lowest BCUT2D eigenvalue weighted by molar-refractivity contribution is -0.134. The number of carbonyl (C=O) groups is 2. The fourth-order valence-corrected chi connectivity index (χ4v) is 3.31. The van der Waals surface area contributed by atoms with Crippen LogP contribution in [0.15, 0.2) is 24.3 Å². The number of amides is 2. The van der Waals surface area contributed by atoms with Crippen molar-refractivity contribution in [3.63, 3.8) is 0 Å². The molecule has 3 rings (SSSR count). The predicted octanol–water partition coefficient (Wildman–Crippen LogP) is 0.997. The van der Waals surface area contributed by atoms with Crippen molar-refractivity contribution in [2.75, 3.05) is 19.8 Å². The highest BCUT2D eigenvalue weighted by Crippen LogP contribution is 2.29. The van der Waals surface area contributed by atoms with E-state index in [1.54, 1.807) is 0 Å². The standard InChI is InChI=1S/C18H24N4O3/c1-2-15-21-13-5-3-4-6-14(13)22(15)11-16(23)20-12-18(17(19)24)7-9-25-10-8-18/h3-6H,2,7-12H2,1H3,(H2,19,24)(H,20,23). The van der Waals surface area contributed by atoms with Crippen molar-refractivity contribution in [3.8, 4) is 0 Å². The second-order valence-corrected chi connectivity index (χ2v) is 6.49. The van der Waals surface area contributed by atoms with Crippen LogP contribution in [-0.4, -0.2) is 41.1 Å². The Morgan fingerprint density at radius 1 is 1.32 bits per heavy atom. The number of para-hydroxylation sites is 2. The summed E-state index contributed by atoms with van der Waals surface area (Å²) < 4.78 is 7.23. The number of hydrogen-bond acceptors (Lipinski definition) is 4. The summed E-state index contributed by atoms with van der Waals surface area (Å²) in [6.07, 6.45) is 1.82. The zero-order valence-electron chi connectivity index (χ0n) is 14.5. The fraction of sp³-hybridized carbons (Fsp3) is 0.500. The van der Waals surface area contributed by atoms with Crippen molar-refractivity contribution in [1.29, 1.82) is 0 Å². The lowest BCUT2D eigenvalue weighted by atomic mass is 9.79. The minimum Gasteiger partial charge on any atom is -0.381 e. The first-order valence-electron chi connectivity index (χ1n) is 8.64. The number of aromatic nitrogens is 2. The highest BCUT2D eigenvalue weighted by molar-refractivity contribution is 5.84. The summed E-state index contributed by atoms with van der Waals surface area (Å²) in [7, 11) is 0. The third kappa shape index (κ3) is 3.51. The summed E-state index contributed by atoms with van der Waals surface area (Å²) in [5.41, 5.74) is 6.69. The monoisotopic (exact) mass is 344 g/mol. The van der Waals surface area contributed by atoms with Crippen LogP contribution in [0, 0.1) is 5.41 Å². The van der Waals surface area contributed by atoms with Crippen LogP contribution < -0.4 is 11.1 Å². The first kappa shape index (κ1) is 17.4. The van der Waals surface area contributed by atoms with E-state index in [9.17, 15) is 9.59 Å². The number of ether oxygens (including phenoxy) is 1. The third-order valence-corrected chi connectivity index (χ3v) is 4.95.